The molecule has 6 heteroatoms. The topological polar surface area (TPSA) is 69.4 Å². The first-order valence-electron chi connectivity index (χ1n) is 6.22. The van der Waals surface area contributed by atoms with Crippen molar-refractivity contribution in [2.24, 2.45) is 0 Å². The molecule has 0 aromatic carbocycles. The van der Waals surface area contributed by atoms with Crippen molar-refractivity contribution < 1.29 is 9.53 Å². The lowest BCUT2D eigenvalue weighted by atomic mass is 10.1. The Kier molecular flexibility index (Phi) is 3.12. The van der Waals surface area contributed by atoms with E-state index in [-0.39, 0.29) is 5.69 Å². The van der Waals surface area contributed by atoms with Crippen LogP contribution in [0.3, 0.4) is 0 Å². The van der Waals surface area contributed by atoms with Gasteiger partial charge in [-0.05, 0) is 25.1 Å². The van der Waals surface area contributed by atoms with E-state index in [0.717, 1.165) is 11.3 Å². The van der Waals surface area contributed by atoms with E-state index in [1.807, 2.05) is 12.1 Å². The van der Waals surface area contributed by atoms with Crippen LogP contribution in [-0.2, 0) is 4.74 Å². The minimum atomic E-state index is -0.438. The van der Waals surface area contributed by atoms with E-state index in [9.17, 15) is 4.79 Å². The van der Waals surface area contributed by atoms with Crippen LogP contribution in [0.4, 0.5) is 0 Å². The predicted octanol–water partition coefficient (Wildman–Crippen LogP) is 1.97. The number of aromatic nitrogens is 4. The molecule has 0 spiro atoms. The van der Waals surface area contributed by atoms with Crippen molar-refractivity contribution in [1.29, 1.82) is 0 Å². The zero-order chi connectivity index (χ0) is 13.9. The number of hydrogen-bond donors (Lipinski definition) is 0. The lowest BCUT2D eigenvalue weighted by molar-refractivity contribution is 0.0519. The summed E-state index contributed by atoms with van der Waals surface area (Å²) in [6.45, 7) is 2.08. The van der Waals surface area contributed by atoms with Crippen molar-refractivity contribution in [2.45, 2.75) is 6.92 Å². The Morgan fingerprint density at radius 1 is 1.25 bits per heavy atom. The minimum absolute atomic E-state index is 0.270. The van der Waals surface area contributed by atoms with Crippen LogP contribution in [-0.4, -0.2) is 32.2 Å². The van der Waals surface area contributed by atoms with Crippen LogP contribution in [0.25, 0.3) is 16.9 Å². The summed E-state index contributed by atoms with van der Waals surface area (Å²) >= 11 is 0. The van der Waals surface area contributed by atoms with Crippen LogP contribution in [0, 0.1) is 0 Å². The van der Waals surface area contributed by atoms with Gasteiger partial charge in [-0.15, -0.1) is 0 Å². The fourth-order valence-corrected chi connectivity index (χ4v) is 1.95. The average Bonchev–Trinajstić information content (AvgIpc) is 2.95. The number of nitrogens with zero attached hydrogens (tertiary/aromatic N) is 4. The van der Waals surface area contributed by atoms with Crippen LogP contribution in [0.2, 0.25) is 0 Å². The molecule has 0 unspecified atom stereocenters. The quantitative estimate of drug-likeness (QED) is 0.679. The van der Waals surface area contributed by atoms with E-state index in [0.29, 0.717) is 12.3 Å². The maximum absolute atomic E-state index is 11.9. The Balaban J connectivity index is 2.19. The highest BCUT2D eigenvalue weighted by Crippen LogP contribution is 2.20. The van der Waals surface area contributed by atoms with Gasteiger partial charge < -0.3 is 4.74 Å². The number of esters is 1. The second-order valence-corrected chi connectivity index (χ2v) is 4.08. The maximum Gasteiger partial charge on any atom is 0.357 e. The van der Waals surface area contributed by atoms with Crippen molar-refractivity contribution in [1.82, 2.24) is 19.6 Å². The molecule has 0 fully saturated rings. The molecule has 0 aliphatic rings. The Hall–Kier alpha value is -2.76. The van der Waals surface area contributed by atoms with Gasteiger partial charge in [-0.2, -0.15) is 5.10 Å². The predicted molar refractivity (Wildman–Crippen MR) is 72.2 cm³/mol. The smallest absolute Gasteiger partial charge is 0.357 e. The number of hydrogen-bond acceptors (Lipinski definition) is 5. The summed E-state index contributed by atoms with van der Waals surface area (Å²) in [7, 11) is 0. The number of fused-ring (bicyclic) bond motifs is 1. The molecule has 3 aromatic heterocycles. The second kappa shape index (κ2) is 5.08. The number of rotatable bonds is 3. The first-order valence-corrected chi connectivity index (χ1v) is 6.22. The van der Waals surface area contributed by atoms with Crippen LogP contribution in [0.15, 0.2) is 42.9 Å². The first kappa shape index (κ1) is 12.3. The third-order valence-corrected chi connectivity index (χ3v) is 2.82. The van der Waals surface area contributed by atoms with Gasteiger partial charge in [-0.3, -0.25) is 4.98 Å². The van der Waals surface area contributed by atoms with Gasteiger partial charge in [-0.25, -0.2) is 14.3 Å². The van der Waals surface area contributed by atoms with Crippen molar-refractivity contribution in [3.05, 3.63) is 48.5 Å². The van der Waals surface area contributed by atoms with Crippen molar-refractivity contribution in [3.63, 3.8) is 0 Å². The summed E-state index contributed by atoms with van der Waals surface area (Å²) in [5.41, 5.74) is 2.54. The highest BCUT2D eigenvalue weighted by Gasteiger charge is 2.14. The van der Waals surface area contributed by atoms with Crippen LogP contribution in [0.5, 0.6) is 0 Å². The number of pyridine rings is 1. The second-order valence-electron chi connectivity index (χ2n) is 4.08. The van der Waals surface area contributed by atoms with E-state index in [1.54, 1.807) is 42.2 Å². The van der Waals surface area contributed by atoms with Crippen molar-refractivity contribution in [2.75, 3.05) is 6.61 Å². The molecule has 0 saturated carbocycles. The van der Waals surface area contributed by atoms with E-state index in [4.69, 9.17) is 4.74 Å². The van der Waals surface area contributed by atoms with Crippen molar-refractivity contribution in [3.8, 4) is 11.3 Å². The van der Waals surface area contributed by atoms with Gasteiger partial charge in [0.1, 0.15) is 0 Å². The molecule has 100 valence electrons. The summed E-state index contributed by atoms with van der Waals surface area (Å²) in [6.07, 6.45) is 5.02. The molecule has 0 atom stereocenters. The van der Waals surface area contributed by atoms with Gasteiger partial charge in [0.25, 0.3) is 0 Å². The zero-order valence-corrected chi connectivity index (χ0v) is 10.9. The molecule has 0 aliphatic heterocycles. The monoisotopic (exact) mass is 268 g/mol. The molecule has 0 aliphatic carbocycles. The molecular formula is C14H12N4O2. The van der Waals surface area contributed by atoms with Gasteiger partial charge in [-0.1, -0.05) is 0 Å². The fourth-order valence-electron chi connectivity index (χ4n) is 1.95. The summed E-state index contributed by atoms with van der Waals surface area (Å²) in [5, 5.41) is 4.22. The summed E-state index contributed by atoms with van der Waals surface area (Å²) in [6, 6.07) is 7.12. The molecule has 0 N–H and O–H groups in total. The SMILES string of the molecule is CCOC(=O)c1cc(-c2ccncc2)n2nccc2n1. The van der Waals surface area contributed by atoms with Gasteiger partial charge in [0.15, 0.2) is 11.3 Å². The maximum atomic E-state index is 11.9. The average molecular weight is 268 g/mol. The Bertz CT molecular complexity index is 752. The Morgan fingerprint density at radius 2 is 2.05 bits per heavy atom. The molecule has 3 heterocycles. The van der Waals surface area contributed by atoms with E-state index >= 15 is 0 Å². The normalized spacial score (nSPS) is 10.7. The molecule has 0 amide bonds. The fraction of sp³-hybridized carbons (Fsp3) is 0.143. The summed E-state index contributed by atoms with van der Waals surface area (Å²) in [5.74, 6) is -0.438. The molecule has 3 rings (SSSR count). The lowest BCUT2D eigenvalue weighted by Crippen LogP contribution is -2.09. The van der Waals surface area contributed by atoms with Crippen molar-refractivity contribution >= 4 is 11.6 Å². The molecule has 3 aromatic rings. The van der Waals surface area contributed by atoms with Crippen LogP contribution in [0.1, 0.15) is 17.4 Å². The van der Waals surface area contributed by atoms with E-state index in [1.165, 1.54) is 0 Å². The molecular weight excluding hydrogens is 256 g/mol. The Morgan fingerprint density at radius 3 is 2.80 bits per heavy atom. The third-order valence-electron chi connectivity index (χ3n) is 2.82. The zero-order valence-electron chi connectivity index (χ0n) is 10.9. The van der Waals surface area contributed by atoms with Crippen LogP contribution >= 0.6 is 0 Å². The molecule has 0 radical (unpaired) electrons. The third kappa shape index (κ3) is 2.11. The standard InChI is InChI=1S/C14H12N4O2/c1-2-20-14(19)11-9-12(10-3-6-15-7-4-10)18-13(17-11)5-8-16-18/h3-9H,2H2,1H3. The number of ether oxygens (including phenoxy) is 1. The molecule has 20 heavy (non-hydrogen) atoms. The minimum Gasteiger partial charge on any atom is -0.461 e. The highest BCUT2D eigenvalue weighted by atomic mass is 16.5. The molecule has 6 nitrogen and oxygen atoms in total. The summed E-state index contributed by atoms with van der Waals surface area (Å²) in [4.78, 5) is 20.1. The van der Waals surface area contributed by atoms with Gasteiger partial charge in [0.2, 0.25) is 0 Å². The van der Waals surface area contributed by atoms with E-state index < -0.39 is 5.97 Å². The Labute approximate surface area is 115 Å². The van der Waals surface area contributed by atoms with Gasteiger partial charge >= 0.3 is 5.97 Å². The van der Waals surface area contributed by atoms with E-state index in [2.05, 4.69) is 15.1 Å². The summed E-state index contributed by atoms with van der Waals surface area (Å²) < 4.78 is 6.68. The largest absolute Gasteiger partial charge is 0.461 e. The molecule has 0 bridgehead atoms. The molecule has 0 saturated heterocycles. The lowest BCUT2D eigenvalue weighted by Gasteiger charge is -2.07. The van der Waals surface area contributed by atoms with Gasteiger partial charge in [0.05, 0.1) is 18.5 Å². The number of carbonyl (C=O) groups excluding carboxylic acids is 1. The highest BCUT2D eigenvalue weighted by molar-refractivity contribution is 5.89. The van der Waals surface area contributed by atoms with Crippen LogP contribution < -0.4 is 0 Å². The van der Waals surface area contributed by atoms with Gasteiger partial charge in [0, 0.05) is 24.0 Å². The first-order chi connectivity index (χ1) is 9.79. The number of carbonyl (C=O) groups is 1.